The highest BCUT2D eigenvalue weighted by Gasteiger charge is 2.12. The molecule has 158 valence electrons. The lowest BCUT2D eigenvalue weighted by atomic mass is 10.2. The van der Waals surface area contributed by atoms with E-state index >= 15 is 0 Å². The van der Waals surface area contributed by atoms with Crippen molar-refractivity contribution in [1.29, 1.82) is 0 Å². The van der Waals surface area contributed by atoms with Crippen LogP contribution in [0.1, 0.15) is 18.1 Å². The number of aryl methyl sites for hydroxylation is 1. The minimum Gasteiger partial charge on any atom is -0.491 e. The summed E-state index contributed by atoms with van der Waals surface area (Å²) in [6.45, 7) is 4.36. The molecule has 0 fully saturated rings. The molecule has 1 amide bonds. The van der Waals surface area contributed by atoms with E-state index in [0.717, 1.165) is 23.1 Å². The number of nitrogens with one attached hydrogen (secondary N) is 1. The lowest BCUT2D eigenvalue weighted by Crippen LogP contribution is -2.39. The molecular weight excluding hydrogens is 392 g/mol. The summed E-state index contributed by atoms with van der Waals surface area (Å²) in [6.07, 6.45) is 1.16. The van der Waals surface area contributed by atoms with Gasteiger partial charge in [0, 0.05) is 13.6 Å². The van der Waals surface area contributed by atoms with Crippen molar-refractivity contribution in [2.75, 3.05) is 26.5 Å². The maximum atomic E-state index is 12.1. The summed E-state index contributed by atoms with van der Waals surface area (Å²) in [7, 11) is -1.71. The fraction of sp³-hybridized carbons (Fsp3) is 0.381. The zero-order valence-electron chi connectivity index (χ0n) is 17.2. The van der Waals surface area contributed by atoms with Crippen molar-refractivity contribution in [3.8, 4) is 11.5 Å². The number of amides is 1. The number of nitrogens with zero attached hydrogens (tertiary/aromatic N) is 1. The number of rotatable bonds is 10. The van der Waals surface area contributed by atoms with Gasteiger partial charge in [0.2, 0.25) is 10.0 Å². The molecule has 29 heavy (non-hydrogen) atoms. The third-order valence-corrected chi connectivity index (χ3v) is 5.52. The lowest BCUT2D eigenvalue weighted by Gasteiger charge is -2.16. The largest absolute Gasteiger partial charge is 0.491 e. The van der Waals surface area contributed by atoms with Gasteiger partial charge in [-0.2, -0.15) is 0 Å². The molecule has 8 heteroatoms. The Morgan fingerprint density at radius 3 is 2.38 bits per heavy atom. The molecule has 0 spiro atoms. The lowest BCUT2D eigenvalue weighted by molar-refractivity contribution is -0.123. The molecule has 0 aromatic heterocycles. The Kier molecular flexibility index (Phi) is 8.04. The average Bonchev–Trinajstić information content (AvgIpc) is 2.66. The van der Waals surface area contributed by atoms with Gasteiger partial charge in [-0.25, -0.2) is 12.7 Å². The van der Waals surface area contributed by atoms with Crippen molar-refractivity contribution in [3.05, 3.63) is 59.7 Å². The van der Waals surface area contributed by atoms with E-state index in [1.165, 1.54) is 11.4 Å². The van der Waals surface area contributed by atoms with Crippen LogP contribution in [0.15, 0.2) is 48.5 Å². The van der Waals surface area contributed by atoms with E-state index in [2.05, 4.69) is 5.32 Å². The third-order valence-electron chi connectivity index (χ3n) is 4.25. The number of carbonyl (C=O) groups is 1. The van der Waals surface area contributed by atoms with Gasteiger partial charge in [0.25, 0.3) is 5.91 Å². The van der Waals surface area contributed by atoms with Crippen LogP contribution in [0.2, 0.25) is 0 Å². The molecular formula is C21H28N2O5S. The molecule has 2 rings (SSSR count). The number of hydrogen-bond donors (Lipinski definition) is 1. The number of sulfonamides is 1. The van der Waals surface area contributed by atoms with Gasteiger partial charge in [0.1, 0.15) is 18.1 Å². The summed E-state index contributed by atoms with van der Waals surface area (Å²) in [5.41, 5.74) is 1.87. The van der Waals surface area contributed by atoms with Crippen molar-refractivity contribution in [2.45, 2.75) is 26.4 Å². The Bertz CT molecular complexity index is 913. The van der Waals surface area contributed by atoms with Gasteiger partial charge in [-0.1, -0.05) is 30.3 Å². The van der Waals surface area contributed by atoms with Crippen molar-refractivity contribution in [3.63, 3.8) is 0 Å². The SMILES string of the molecule is Cc1ccccc1OC[C@@H](C)NC(=O)COc1ccc(CN(C)S(C)(=O)=O)cc1. The monoisotopic (exact) mass is 420 g/mol. The van der Waals surface area contributed by atoms with Gasteiger partial charge in [0.05, 0.1) is 12.3 Å². The molecule has 1 N–H and O–H groups in total. The fourth-order valence-electron chi connectivity index (χ4n) is 2.51. The van der Waals surface area contributed by atoms with Crippen molar-refractivity contribution < 1.29 is 22.7 Å². The van der Waals surface area contributed by atoms with Gasteiger partial charge in [0.15, 0.2) is 6.61 Å². The van der Waals surface area contributed by atoms with Crippen LogP contribution in [0.5, 0.6) is 11.5 Å². The number of ether oxygens (including phenoxy) is 2. The first kappa shape index (κ1) is 22.7. The van der Waals surface area contributed by atoms with E-state index in [1.807, 2.05) is 38.1 Å². The topological polar surface area (TPSA) is 84.9 Å². The van der Waals surface area contributed by atoms with Crippen molar-refractivity contribution in [2.24, 2.45) is 0 Å². The summed E-state index contributed by atoms with van der Waals surface area (Å²) in [5, 5.41) is 2.83. The molecule has 0 saturated heterocycles. The number of para-hydroxylation sites is 1. The second-order valence-electron chi connectivity index (χ2n) is 7.00. The zero-order chi connectivity index (χ0) is 21.4. The molecule has 0 aliphatic rings. The van der Waals surface area contributed by atoms with Crippen LogP contribution >= 0.6 is 0 Å². The van der Waals surface area contributed by atoms with E-state index < -0.39 is 10.0 Å². The minimum atomic E-state index is -3.23. The zero-order valence-corrected chi connectivity index (χ0v) is 18.0. The highest BCUT2D eigenvalue weighted by atomic mass is 32.2. The van der Waals surface area contributed by atoms with Gasteiger partial charge in [-0.15, -0.1) is 0 Å². The van der Waals surface area contributed by atoms with Crippen LogP contribution in [0.3, 0.4) is 0 Å². The molecule has 0 aliphatic heterocycles. The van der Waals surface area contributed by atoms with Gasteiger partial charge in [-0.3, -0.25) is 4.79 Å². The molecule has 0 saturated carbocycles. The molecule has 2 aromatic carbocycles. The molecule has 0 bridgehead atoms. The Balaban J connectivity index is 1.75. The first-order chi connectivity index (χ1) is 13.6. The van der Waals surface area contributed by atoms with E-state index in [9.17, 15) is 13.2 Å². The number of carbonyl (C=O) groups excluding carboxylic acids is 1. The maximum Gasteiger partial charge on any atom is 0.258 e. The highest BCUT2D eigenvalue weighted by molar-refractivity contribution is 7.88. The number of benzene rings is 2. The fourth-order valence-corrected chi connectivity index (χ4v) is 2.89. The summed E-state index contributed by atoms with van der Waals surface area (Å²) >= 11 is 0. The van der Waals surface area contributed by atoms with Crippen molar-refractivity contribution >= 4 is 15.9 Å². The highest BCUT2D eigenvalue weighted by Crippen LogP contribution is 2.16. The Labute approximate surface area is 172 Å². The Morgan fingerprint density at radius 2 is 1.76 bits per heavy atom. The second-order valence-corrected chi connectivity index (χ2v) is 9.09. The van der Waals surface area contributed by atoms with Gasteiger partial charge < -0.3 is 14.8 Å². The van der Waals surface area contributed by atoms with E-state index in [0.29, 0.717) is 12.4 Å². The minimum absolute atomic E-state index is 0.114. The first-order valence-electron chi connectivity index (χ1n) is 9.26. The van der Waals surface area contributed by atoms with Gasteiger partial charge >= 0.3 is 0 Å². The predicted octanol–water partition coefficient (Wildman–Crippen LogP) is 2.35. The predicted molar refractivity (Wildman–Crippen MR) is 113 cm³/mol. The molecule has 7 nitrogen and oxygen atoms in total. The first-order valence-corrected chi connectivity index (χ1v) is 11.1. The van der Waals surface area contributed by atoms with E-state index in [4.69, 9.17) is 9.47 Å². The van der Waals surface area contributed by atoms with Crippen LogP contribution in [0.25, 0.3) is 0 Å². The molecule has 0 heterocycles. The van der Waals surface area contributed by atoms with Crippen LogP contribution in [-0.4, -0.2) is 51.2 Å². The molecule has 0 unspecified atom stereocenters. The van der Waals surface area contributed by atoms with Crippen LogP contribution in [0.4, 0.5) is 0 Å². The number of hydrogen-bond acceptors (Lipinski definition) is 5. The maximum absolute atomic E-state index is 12.1. The molecule has 0 aliphatic carbocycles. The average molecular weight is 421 g/mol. The summed E-state index contributed by atoms with van der Waals surface area (Å²) in [5.74, 6) is 1.09. The van der Waals surface area contributed by atoms with Gasteiger partial charge in [-0.05, 0) is 43.2 Å². The molecule has 0 radical (unpaired) electrons. The summed E-state index contributed by atoms with van der Waals surface area (Å²) in [4.78, 5) is 12.1. The Hall–Kier alpha value is -2.58. The summed E-state index contributed by atoms with van der Waals surface area (Å²) < 4.78 is 35.4. The molecule has 2 aromatic rings. The quantitative estimate of drug-likeness (QED) is 0.638. The Morgan fingerprint density at radius 1 is 1.10 bits per heavy atom. The molecule has 1 atom stereocenters. The standard InChI is InChI=1S/C21H28N2O5S/c1-16-7-5-6-8-20(16)28-14-17(2)22-21(24)15-27-19-11-9-18(10-12-19)13-23(3)29(4,25)26/h5-12,17H,13-15H2,1-4H3,(H,22,24)/t17-/m1/s1. The smallest absolute Gasteiger partial charge is 0.258 e. The van der Waals surface area contributed by atoms with Crippen LogP contribution < -0.4 is 14.8 Å². The second kappa shape index (κ2) is 10.3. The van der Waals surface area contributed by atoms with E-state index in [-0.39, 0.29) is 25.1 Å². The normalized spacial score (nSPS) is 12.4. The van der Waals surface area contributed by atoms with E-state index in [1.54, 1.807) is 24.3 Å². The summed E-state index contributed by atoms with van der Waals surface area (Å²) in [6, 6.07) is 14.5. The third kappa shape index (κ3) is 7.75. The van der Waals surface area contributed by atoms with Crippen LogP contribution in [0, 0.1) is 6.92 Å². The van der Waals surface area contributed by atoms with Crippen LogP contribution in [-0.2, 0) is 21.4 Å². The van der Waals surface area contributed by atoms with Crippen molar-refractivity contribution in [1.82, 2.24) is 9.62 Å².